The summed E-state index contributed by atoms with van der Waals surface area (Å²) in [5, 5.41) is 0. The normalized spacial score (nSPS) is 12.6. The van der Waals surface area contributed by atoms with Crippen molar-refractivity contribution in [2.75, 3.05) is 40.5 Å². The average molecular weight is 297 g/mol. The van der Waals surface area contributed by atoms with Gasteiger partial charge in [-0.1, -0.05) is 12.1 Å². The third kappa shape index (κ3) is 5.91. The van der Waals surface area contributed by atoms with E-state index < -0.39 is 5.82 Å². The molecule has 0 aromatic heterocycles. The molecule has 0 amide bonds. The molecule has 4 nitrogen and oxygen atoms in total. The van der Waals surface area contributed by atoms with Crippen LogP contribution in [0.3, 0.4) is 0 Å². The number of methoxy groups -OCH3 is 2. The minimum Gasteiger partial charge on any atom is -0.383 e. The first-order valence-corrected chi connectivity index (χ1v) is 7.09. The van der Waals surface area contributed by atoms with Crippen LogP contribution in [0, 0.1) is 5.82 Å². The zero-order valence-electron chi connectivity index (χ0n) is 13.0. The predicted octanol–water partition coefficient (Wildman–Crippen LogP) is 2.38. The molecule has 1 atom stereocenters. The highest BCUT2D eigenvalue weighted by Gasteiger charge is 2.17. The number of rotatable bonds is 10. The van der Waals surface area contributed by atoms with E-state index in [2.05, 4.69) is 4.90 Å². The Balaban J connectivity index is 2.59. The number of benzene rings is 1. The first-order valence-electron chi connectivity index (χ1n) is 7.09. The fraction of sp³-hybridized carbons (Fsp3) is 0.562. The smallest absolute Gasteiger partial charge is 0.167 e. The summed E-state index contributed by atoms with van der Waals surface area (Å²) in [5.74, 6) is -0.643. The van der Waals surface area contributed by atoms with Gasteiger partial charge in [0.05, 0.1) is 18.8 Å². The van der Waals surface area contributed by atoms with Crippen LogP contribution in [0.5, 0.6) is 0 Å². The number of carbonyl (C=O) groups excluding carboxylic acids is 1. The Labute approximate surface area is 125 Å². The van der Waals surface area contributed by atoms with Gasteiger partial charge < -0.3 is 9.47 Å². The lowest BCUT2D eigenvalue weighted by molar-refractivity contribution is 0.0702. The molecule has 5 heteroatoms. The van der Waals surface area contributed by atoms with Gasteiger partial charge in [0, 0.05) is 39.8 Å². The Bertz CT molecular complexity index is 439. The van der Waals surface area contributed by atoms with Crippen LogP contribution in [0.2, 0.25) is 0 Å². The van der Waals surface area contributed by atoms with Crippen molar-refractivity contribution >= 4 is 5.78 Å². The molecule has 0 aliphatic rings. The Morgan fingerprint density at radius 3 is 2.57 bits per heavy atom. The number of halogens is 1. The van der Waals surface area contributed by atoms with Crippen LogP contribution in [-0.4, -0.2) is 57.2 Å². The van der Waals surface area contributed by atoms with Gasteiger partial charge in [-0.2, -0.15) is 0 Å². The number of carbonyl (C=O) groups is 1. The Morgan fingerprint density at radius 1 is 1.24 bits per heavy atom. The van der Waals surface area contributed by atoms with Crippen molar-refractivity contribution in [1.82, 2.24) is 4.90 Å². The van der Waals surface area contributed by atoms with Gasteiger partial charge in [-0.05, 0) is 19.1 Å². The lowest BCUT2D eigenvalue weighted by atomic mass is 10.1. The molecule has 0 saturated heterocycles. The summed E-state index contributed by atoms with van der Waals surface area (Å²) in [5.41, 5.74) is 0.156. The van der Waals surface area contributed by atoms with Crippen molar-refractivity contribution in [3.63, 3.8) is 0 Å². The van der Waals surface area contributed by atoms with Crippen LogP contribution in [0.15, 0.2) is 24.3 Å². The second kappa shape index (κ2) is 9.60. The lowest BCUT2D eigenvalue weighted by Crippen LogP contribution is -2.39. The van der Waals surface area contributed by atoms with Crippen molar-refractivity contribution in [2.24, 2.45) is 0 Å². The molecule has 118 valence electrons. The van der Waals surface area contributed by atoms with E-state index >= 15 is 0 Å². The molecule has 1 aromatic carbocycles. The summed E-state index contributed by atoms with van der Waals surface area (Å²) in [6.07, 6.45) is 0.276. The first-order chi connectivity index (χ1) is 10.1. The van der Waals surface area contributed by atoms with Crippen molar-refractivity contribution < 1.29 is 18.7 Å². The van der Waals surface area contributed by atoms with E-state index in [0.29, 0.717) is 26.3 Å². The van der Waals surface area contributed by atoms with Crippen molar-refractivity contribution in [3.05, 3.63) is 35.6 Å². The summed E-state index contributed by atoms with van der Waals surface area (Å²) in [6.45, 7) is 4.47. The molecule has 21 heavy (non-hydrogen) atoms. The Hall–Kier alpha value is -1.30. The molecular formula is C16H24FNO3. The molecular weight excluding hydrogens is 273 g/mol. The molecule has 1 rings (SSSR count). The van der Waals surface area contributed by atoms with E-state index in [1.807, 2.05) is 6.92 Å². The van der Waals surface area contributed by atoms with E-state index in [9.17, 15) is 9.18 Å². The van der Waals surface area contributed by atoms with Crippen molar-refractivity contribution in [1.29, 1.82) is 0 Å². The SMILES string of the molecule is COCCN(CCC(=O)c1ccccc1F)C(C)COC. The van der Waals surface area contributed by atoms with Gasteiger partial charge in [-0.15, -0.1) is 0 Å². The van der Waals surface area contributed by atoms with Gasteiger partial charge in [0.25, 0.3) is 0 Å². The summed E-state index contributed by atoms with van der Waals surface area (Å²) in [7, 11) is 3.29. The molecule has 0 heterocycles. The zero-order chi connectivity index (χ0) is 15.7. The fourth-order valence-electron chi connectivity index (χ4n) is 2.17. The average Bonchev–Trinajstić information content (AvgIpc) is 2.47. The monoisotopic (exact) mass is 297 g/mol. The van der Waals surface area contributed by atoms with Crippen molar-refractivity contribution in [3.8, 4) is 0 Å². The van der Waals surface area contributed by atoms with Gasteiger partial charge in [0.2, 0.25) is 0 Å². The third-order valence-corrected chi connectivity index (χ3v) is 3.41. The topological polar surface area (TPSA) is 38.8 Å². The summed E-state index contributed by atoms with van der Waals surface area (Å²) in [4.78, 5) is 14.2. The molecule has 0 saturated carbocycles. The van der Waals surface area contributed by atoms with E-state index in [1.165, 1.54) is 12.1 Å². The molecule has 0 fully saturated rings. The van der Waals surface area contributed by atoms with Crippen LogP contribution in [0.1, 0.15) is 23.7 Å². The van der Waals surface area contributed by atoms with Crippen LogP contribution in [-0.2, 0) is 9.47 Å². The Kier molecular flexibility index (Phi) is 8.12. The molecule has 0 bridgehead atoms. The quantitative estimate of drug-likeness (QED) is 0.622. The molecule has 0 radical (unpaired) electrons. The number of ether oxygens (including phenoxy) is 2. The van der Waals surface area contributed by atoms with Crippen LogP contribution >= 0.6 is 0 Å². The molecule has 0 aliphatic heterocycles. The minimum atomic E-state index is -0.462. The van der Waals surface area contributed by atoms with Gasteiger partial charge >= 0.3 is 0 Å². The second-order valence-corrected chi connectivity index (χ2v) is 4.99. The maximum atomic E-state index is 13.6. The number of hydrogen-bond donors (Lipinski definition) is 0. The standard InChI is InChI=1S/C16H24FNO3/c1-13(12-21-3)18(10-11-20-2)9-8-16(19)14-6-4-5-7-15(14)17/h4-7,13H,8-12H2,1-3H3. The molecule has 0 spiro atoms. The number of nitrogens with zero attached hydrogens (tertiary/aromatic N) is 1. The fourth-order valence-corrected chi connectivity index (χ4v) is 2.17. The summed E-state index contributed by atoms with van der Waals surface area (Å²) < 4.78 is 23.8. The van der Waals surface area contributed by atoms with Crippen molar-refractivity contribution in [2.45, 2.75) is 19.4 Å². The molecule has 1 aromatic rings. The van der Waals surface area contributed by atoms with Gasteiger partial charge in [-0.25, -0.2) is 4.39 Å². The van der Waals surface area contributed by atoms with Gasteiger partial charge in [0.15, 0.2) is 5.78 Å². The van der Waals surface area contributed by atoms with Crippen LogP contribution < -0.4 is 0 Å². The zero-order valence-corrected chi connectivity index (χ0v) is 13.0. The highest BCUT2D eigenvalue weighted by molar-refractivity contribution is 5.96. The highest BCUT2D eigenvalue weighted by Crippen LogP contribution is 2.10. The predicted molar refractivity (Wildman–Crippen MR) is 80.1 cm³/mol. The minimum absolute atomic E-state index is 0.156. The van der Waals surface area contributed by atoms with E-state index in [1.54, 1.807) is 26.4 Å². The highest BCUT2D eigenvalue weighted by atomic mass is 19.1. The molecule has 1 unspecified atom stereocenters. The summed E-state index contributed by atoms with van der Waals surface area (Å²) in [6, 6.07) is 6.27. The largest absolute Gasteiger partial charge is 0.383 e. The Morgan fingerprint density at radius 2 is 1.95 bits per heavy atom. The van der Waals surface area contributed by atoms with E-state index in [-0.39, 0.29) is 23.8 Å². The number of Topliss-reactive ketones (excluding diaryl/α,β-unsaturated/α-hetero) is 1. The van der Waals surface area contributed by atoms with Crippen LogP contribution in [0.4, 0.5) is 4.39 Å². The maximum Gasteiger partial charge on any atom is 0.167 e. The van der Waals surface area contributed by atoms with Gasteiger partial charge in [-0.3, -0.25) is 9.69 Å². The third-order valence-electron chi connectivity index (χ3n) is 3.41. The number of ketones is 1. The van der Waals surface area contributed by atoms with Crippen LogP contribution in [0.25, 0.3) is 0 Å². The lowest BCUT2D eigenvalue weighted by Gasteiger charge is -2.28. The van der Waals surface area contributed by atoms with Gasteiger partial charge in [0.1, 0.15) is 5.82 Å². The molecule has 0 aliphatic carbocycles. The van der Waals surface area contributed by atoms with E-state index in [4.69, 9.17) is 9.47 Å². The summed E-state index contributed by atoms with van der Waals surface area (Å²) >= 11 is 0. The molecule has 0 N–H and O–H groups in total. The number of hydrogen-bond acceptors (Lipinski definition) is 4. The second-order valence-electron chi connectivity index (χ2n) is 4.99. The van der Waals surface area contributed by atoms with E-state index in [0.717, 1.165) is 0 Å². The maximum absolute atomic E-state index is 13.6. The first kappa shape index (κ1) is 17.8.